The second kappa shape index (κ2) is 11.9. The first-order valence-electron chi connectivity index (χ1n) is 9.78. The molecule has 0 aliphatic rings. The van der Waals surface area contributed by atoms with Crippen LogP contribution in [0.2, 0.25) is 0 Å². The van der Waals surface area contributed by atoms with Gasteiger partial charge in [-0.05, 0) is 56.9 Å². The highest BCUT2D eigenvalue weighted by atomic mass is 16.3. The highest BCUT2D eigenvalue weighted by Gasteiger charge is 2.25. The molecule has 0 spiro atoms. The molecule has 4 heteroatoms. The van der Waals surface area contributed by atoms with Crippen molar-refractivity contribution >= 4 is 5.96 Å². The van der Waals surface area contributed by atoms with Crippen molar-refractivity contribution in [1.82, 2.24) is 10.6 Å². The van der Waals surface area contributed by atoms with E-state index in [-0.39, 0.29) is 12.0 Å². The molecule has 0 aromatic heterocycles. The molecule has 3 N–H and O–H groups in total. The van der Waals surface area contributed by atoms with Crippen LogP contribution >= 0.6 is 0 Å². The van der Waals surface area contributed by atoms with Gasteiger partial charge in [-0.2, -0.15) is 0 Å². The minimum Gasteiger partial charge on any atom is -0.396 e. The minimum absolute atomic E-state index is 0.102. The quantitative estimate of drug-likeness (QED) is 0.422. The summed E-state index contributed by atoms with van der Waals surface area (Å²) in [6.45, 7) is 10.5. The van der Waals surface area contributed by atoms with Gasteiger partial charge in [-0.15, -0.1) is 0 Å². The van der Waals surface area contributed by atoms with Crippen molar-refractivity contribution in [1.29, 1.82) is 0 Å². The molecular weight excluding hydrogens is 310 g/mol. The number of aryl methyl sites for hydroxylation is 1. The molecule has 0 amide bonds. The van der Waals surface area contributed by atoms with Gasteiger partial charge in [0, 0.05) is 25.7 Å². The maximum Gasteiger partial charge on any atom is 0.191 e. The second-order valence-electron chi connectivity index (χ2n) is 6.95. The zero-order valence-electron chi connectivity index (χ0n) is 16.5. The summed E-state index contributed by atoms with van der Waals surface area (Å²) < 4.78 is 0. The summed E-state index contributed by atoms with van der Waals surface area (Å²) in [7, 11) is 0. The van der Waals surface area contributed by atoms with Gasteiger partial charge in [-0.3, -0.25) is 4.99 Å². The van der Waals surface area contributed by atoms with Crippen molar-refractivity contribution in [2.75, 3.05) is 19.7 Å². The van der Waals surface area contributed by atoms with Crippen LogP contribution in [0.3, 0.4) is 0 Å². The number of benzene rings is 1. The summed E-state index contributed by atoms with van der Waals surface area (Å²) in [4.78, 5) is 4.82. The third-order valence-corrected chi connectivity index (χ3v) is 5.15. The van der Waals surface area contributed by atoms with Crippen molar-refractivity contribution in [3.05, 3.63) is 35.9 Å². The zero-order valence-corrected chi connectivity index (χ0v) is 16.5. The van der Waals surface area contributed by atoms with Gasteiger partial charge < -0.3 is 15.7 Å². The maximum absolute atomic E-state index is 9.38. The number of aliphatic hydroxyl groups is 1. The van der Waals surface area contributed by atoms with Crippen LogP contribution < -0.4 is 10.6 Å². The first-order valence-corrected chi connectivity index (χ1v) is 9.78. The third kappa shape index (κ3) is 7.91. The second-order valence-corrected chi connectivity index (χ2v) is 6.95. The Morgan fingerprint density at radius 2 is 1.84 bits per heavy atom. The van der Waals surface area contributed by atoms with Crippen LogP contribution in [0, 0.1) is 5.41 Å². The largest absolute Gasteiger partial charge is 0.396 e. The van der Waals surface area contributed by atoms with E-state index in [1.807, 2.05) is 0 Å². The van der Waals surface area contributed by atoms with Gasteiger partial charge in [0.15, 0.2) is 5.96 Å². The van der Waals surface area contributed by atoms with Gasteiger partial charge in [0.05, 0.1) is 0 Å². The number of nitrogens with zero attached hydrogens (tertiary/aromatic N) is 1. The maximum atomic E-state index is 9.38. The van der Waals surface area contributed by atoms with Crippen LogP contribution in [0.25, 0.3) is 0 Å². The number of nitrogens with one attached hydrogen (secondary N) is 2. The molecule has 1 rings (SSSR count). The minimum atomic E-state index is 0.102. The van der Waals surface area contributed by atoms with Crippen LogP contribution in [0.15, 0.2) is 35.3 Å². The summed E-state index contributed by atoms with van der Waals surface area (Å²) in [5, 5.41) is 16.3. The Labute approximate surface area is 154 Å². The number of aliphatic hydroxyl groups excluding tert-OH is 1. The highest BCUT2D eigenvalue weighted by Crippen LogP contribution is 2.30. The third-order valence-electron chi connectivity index (χ3n) is 5.15. The smallest absolute Gasteiger partial charge is 0.191 e. The zero-order chi connectivity index (χ0) is 18.5. The highest BCUT2D eigenvalue weighted by molar-refractivity contribution is 5.80. The van der Waals surface area contributed by atoms with E-state index in [9.17, 15) is 5.11 Å². The van der Waals surface area contributed by atoms with Crippen LogP contribution in [-0.4, -0.2) is 36.8 Å². The van der Waals surface area contributed by atoms with Gasteiger partial charge in [0.2, 0.25) is 0 Å². The van der Waals surface area contributed by atoms with Gasteiger partial charge in [-0.25, -0.2) is 0 Å². The lowest BCUT2D eigenvalue weighted by Gasteiger charge is -2.30. The summed E-state index contributed by atoms with van der Waals surface area (Å²) in [5.41, 5.74) is 1.47. The topological polar surface area (TPSA) is 56.7 Å². The average molecular weight is 348 g/mol. The van der Waals surface area contributed by atoms with Crippen LogP contribution in [0.1, 0.15) is 58.9 Å². The fourth-order valence-electron chi connectivity index (χ4n) is 3.04. The molecule has 0 aliphatic carbocycles. The Hall–Kier alpha value is -1.55. The normalized spacial score (nSPS) is 13.6. The molecule has 4 nitrogen and oxygen atoms in total. The molecule has 0 radical (unpaired) electrons. The standard InChI is InChI=1S/C21H37N3O/c1-5-21(6-2,15-16-25)17-23-20(22-7-3)24-18(4)13-14-19-11-9-8-10-12-19/h8-12,18,25H,5-7,13-17H2,1-4H3,(H2,22,23,24). The summed E-state index contributed by atoms with van der Waals surface area (Å²) >= 11 is 0. The molecule has 1 aromatic carbocycles. The van der Waals surface area contributed by atoms with Gasteiger partial charge in [-0.1, -0.05) is 44.2 Å². The first-order chi connectivity index (χ1) is 12.1. The molecule has 0 aliphatic heterocycles. The first kappa shape index (κ1) is 21.5. The Bertz CT molecular complexity index is 483. The molecule has 0 fully saturated rings. The number of rotatable bonds is 11. The molecule has 0 heterocycles. The predicted molar refractivity (Wildman–Crippen MR) is 108 cm³/mol. The van der Waals surface area contributed by atoms with Crippen molar-refractivity contribution in [3.8, 4) is 0 Å². The van der Waals surface area contributed by atoms with E-state index < -0.39 is 0 Å². The van der Waals surface area contributed by atoms with E-state index in [2.05, 4.69) is 68.7 Å². The van der Waals surface area contributed by atoms with E-state index in [0.29, 0.717) is 6.04 Å². The monoisotopic (exact) mass is 347 g/mol. The van der Waals surface area contributed by atoms with E-state index in [4.69, 9.17) is 4.99 Å². The average Bonchev–Trinajstić information content (AvgIpc) is 2.64. The van der Waals surface area contributed by atoms with Gasteiger partial charge in [0.25, 0.3) is 0 Å². The SMILES string of the molecule is CCNC(=NCC(CC)(CC)CCO)NC(C)CCc1ccccc1. The van der Waals surface area contributed by atoms with Gasteiger partial charge >= 0.3 is 0 Å². The Morgan fingerprint density at radius 1 is 1.16 bits per heavy atom. The lowest BCUT2D eigenvalue weighted by atomic mass is 9.79. The Balaban J connectivity index is 2.61. The lowest BCUT2D eigenvalue weighted by molar-refractivity contribution is 0.175. The van der Waals surface area contributed by atoms with Crippen LogP contribution in [0.4, 0.5) is 0 Å². The van der Waals surface area contributed by atoms with Crippen LogP contribution in [-0.2, 0) is 6.42 Å². The van der Waals surface area contributed by atoms with Crippen molar-refractivity contribution in [3.63, 3.8) is 0 Å². The number of guanidine groups is 1. The number of aliphatic imine (C=N–C) groups is 1. The van der Waals surface area contributed by atoms with Crippen molar-refractivity contribution in [2.45, 2.75) is 65.8 Å². The molecule has 1 aromatic rings. The summed E-state index contributed by atoms with van der Waals surface area (Å²) in [6.07, 6.45) is 5.02. The predicted octanol–water partition coefficient (Wildman–Crippen LogP) is 3.75. The van der Waals surface area contributed by atoms with E-state index in [0.717, 1.165) is 51.2 Å². The molecule has 0 bridgehead atoms. The van der Waals surface area contributed by atoms with E-state index in [1.165, 1.54) is 5.56 Å². The van der Waals surface area contributed by atoms with E-state index >= 15 is 0 Å². The van der Waals surface area contributed by atoms with Crippen molar-refractivity contribution < 1.29 is 5.11 Å². The fourth-order valence-corrected chi connectivity index (χ4v) is 3.04. The molecule has 25 heavy (non-hydrogen) atoms. The molecule has 142 valence electrons. The lowest BCUT2D eigenvalue weighted by Crippen LogP contribution is -2.43. The molecule has 0 saturated carbocycles. The summed E-state index contributed by atoms with van der Waals surface area (Å²) in [6, 6.07) is 11.0. The number of hydrogen-bond donors (Lipinski definition) is 3. The molecule has 0 saturated heterocycles. The van der Waals surface area contributed by atoms with Crippen molar-refractivity contribution in [2.24, 2.45) is 10.4 Å². The molecule has 1 atom stereocenters. The van der Waals surface area contributed by atoms with Gasteiger partial charge in [0.1, 0.15) is 0 Å². The molecular formula is C21H37N3O. The fraction of sp³-hybridized carbons (Fsp3) is 0.667. The number of hydrogen-bond acceptors (Lipinski definition) is 2. The Morgan fingerprint density at radius 3 is 2.40 bits per heavy atom. The van der Waals surface area contributed by atoms with E-state index in [1.54, 1.807) is 0 Å². The molecule has 1 unspecified atom stereocenters. The Kier molecular flexibility index (Phi) is 10.2. The van der Waals surface area contributed by atoms with Crippen LogP contribution in [0.5, 0.6) is 0 Å². The summed E-state index contributed by atoms with van der Waals surface area (Å²) in [5.74, 6) is 0.882.